The van der Waals surface area contributed by atoms with Crippen LogP contribution in [0.4, 0.5) is 0 Å². The number of piperidine rings is 1. The number of nitrogens with zero attached hydrogens (tertiary/aromatic N) is 4. The summed E-state index contributed by atoms with van der Waals surface area (Å²) in [5, 5.41) is 3.40. The van der Waals surface area contributed by atoms with Gasteiger partial charge in [0, 0.05) is 51.0 Å². The molecule has 6 heteroatoms. The van der Waals surface area contributed by atoms with E-state index in [4.69, 9.17) is 0 Å². The molecule has 0 aromatic carbocycles. The lowest BCUT2D eigenvalue weighted by molar-refractivity contribution is -0.141. The van der Waals surface area contributed by atoms with E-state index in [0.717, 1.165) is 51.4 Å². The quantitative estimate of drug-likeness (QED) is 0.903. The summed E-state index contributed by atoms with van der Waals surface area (Å²) in [6.07, 6.45) is 5.73. The van der Waals surface area contributed by atoms with Gasteiger partial charge in [-0.05, 0) is 39.8 Å². The van der Waals surface area contributed by atoms with E-state index in [9.17, 15) is 4.79 Å². The number of aromatic nitrogens is 2. The van der Waals surface area contributed by atoms with Crippen LogP contribution in [0, 0.1) is 5.92 Å². The number of aryl methyl sites for hydroxylation is 1. The van der Waals surface area contributed by atoms with E-state index in [0.29, 0.717) is 11.9 Å². The molecule has 2 fully saturated rings. The van der Waals surface area contributed by atoms with Crippen molar-refractivity contribution in [3.05, 3.63) is 18.2 Å². The summed E-state index contributed by atoms with van der Waals surface area (Å²) in [6, 6.07) is 0.630. The van der Waals surface area contributed by atoms with Crippen molar-refractivity contribution in [2.45, 2.75) is 38.8 Å². The largest absolute Gasteiger partial charge is 0.336 e. The lowest BCUT2D eigenvalue weighted by Gasteiger charge is -2.40. The third kappa shape index (κ3) is 3.43. The molecular weight excluding hydrogens is 290 g/mol. The predicted octanol–water partition coefficient (Wildman–Crippen LogP) is 1.01. The topological polar surface area (TPSA) is 53.4 Å². The number of piperazine rings is 1. The summed E-state index contributed by atoms with van der Waals surface area (Å²) in [5.74, 6) is 1.47. The van der Waals surface area contributed by atoms with Crippen molar-refractivity contribution in [1.29, 1.82) is 0 Å². The molecule has 0 saturated carbocycles. The van der Waals surface area contributed by atoms with Gasteiger partial charge in [-0.15, -0.1) is 0 Å². The molecule has 1 atom stereocenters. The Labute approximate surface area is 138 Å². The van der Waals surface area contributed by atoms with E-state index in [-0.39, 0.29) is 12.0 Å². The van der Waals surface area contributed by atoms with Gasteiger partial charge in [-0.3, -0.25) is 4.79 Å². The number of carbonyl (C=O) groups is 1. The van der Waals surface area contributed by atoms with Crippen molar-refractivity contribution in [2.75, 3.05) is 32.7 Å². The standard InChI is InChI=1S/C17H29N5O/c1-13(2)21-8-4-14(5-9-21)17(23)22-11-6-18-12-15(22)16-19-7-10-20(16)3/h7,10,13-15,18H,4-6,8-9,11-12H2,1-3H3. The first-order chi connectivity index (χ1) is 11.1. The molecule has 0 aliphatic carbocycles. The molecule has 1 aromatic rings. The minimum atomic E-state index is 0.0550. The molecule has 3 rings (SSSR count). The van der Waals surface area contributed by atoms with Crippen LogP contribution >= 0.6 is 0 Å². The molecule has 0 radical (unpaired) electrons. The van der Waals surface area contributed by atoms with Crippen molar-refractivity contribution in [1.82, 2.24) is 24.7 Å². The SMILES string of the molecule is CC(C)N1CCC(C(=O)N2CCNCC2c2nccn2C)CC1. The van der Waals surface area contributed by atoms with Gasteiger partial charge in [-0.25, -0.2) is 4.98 Å². The number of amides is 1. The van der Waals surface area contributed by atoms with E-state index in [2.05, 4.69) is 33.9 Å². The number of carbonyl (C=O) groups excluding carboxylic acids is 1. The highest BCUT2D eigenvalue weighted by Gasteiger charge is 2.35. The summed E-state index contributed by atoms with van der Waals surface area (Å²) in [5.41, 5.74) is 0. The van der Waals surface area contributed by atoms with Gasteiger partial charge in [0.2, 0.25) is 5.91 Å². The zero-order valence-corrected chi connectivity index (χ0v) is 14.5. The molecule has 2 aliphatic heterocycles. The van der Waals surface area contributed by atoms with Gasteiger partial charge in [0.15, 0.2) is 0 Å². The Kier molecular flexibility index (Phi) is 5.02. The zero-order valence-electron chi connectivity index (χ0n) is 14.5. The first-order valence-electron chi connectivity index (χ1n) is 8.80. The Hall–Kier alpha value is -1.40. The van der Waals surface area contributed by atoms with Crippen LogP contribution in [0.3, 0.4) is 0 Å². The average molecular weight is 319 g/mol. The average Bonchev–Trinajstić information content (AvgIpc) is 3.00. The van der Waals surface area contributed by atoms with Gasteiger partial charge in [0.1, 0.15) is 11.9 Å². The van der Waals surface area contributed by atoms with Crippen molar-refractivity contribution >= 4 is 5.91 Å². The monoisotopic (exact) mass is 319 g/mol. The number of likely N-dealkylation sites (tertiary alicyclic amines) is 1. The Balaban J connectivity index is 1.69. The Morgan fingerprint density at radius 3 is 2.65 bits per heavy atom. The fraction of sp³-hybridized carbons (Fsp3) is 0.765. The third-order valence-electron chi connectivity index (χ3n) is 5.29. The normalized spacial score (nSPS) is 24.3. The number of imidazole rings is 1. The predicted molar refractivity (Wildman–Crippen MR) is 90.0 cm³/mol. The number of hydrogen-bond donors (Lipinski definition) is 1. The maximum atomic E-state index is 13.1. The lowest BCUT2D eigenvalue weighted by Crippen LogP contribution is -2.52. The summed E-state index contributed by atoms with van der Waals surface area (Å²) in [6.45, 7) is 8.98. The number of hydrogen-bond acceptors (Lipinski definition) is 4. The van der Waals surface area contributed by atoms with Gasteiger partial charge >= 0.3 is 0 Å². The summed E-state index contributed by atoms with van der Waals surface area (Å²) >= 11 is 0. The maximum absolute atomic E-state index is 13.1. The molecule has 0 spiro atoms. The van der Waals surface area contributed by atoms with Crippen molar-refractivity contribution in [2.24, 2.45) is 13.0 Å². The van der Waals surface area contributed by atoms with Crippen LogP contribution in [0.1, 0.15) is 38.6 Å². The molecule has 2 saturated heterocycles. The van der Waals surface area contributed by atoms with E-state index >= 15 is 0 Å². The van der Waals surface area contributed by atoms with Crippen LogP contribution in [-0.4, -0.2) is 64.0 Å². The van der Waals surface area contributed by atoms with Crippen LogP contribution in [0.5, 0.6) is 0 Å². The second kappa shape index (κ2) is 7.01. The summed E-state index contributed by atoms with van der Waals surface area (Å²) in [4.78, 5) is 22.1. The van der Waals surface area contributed by atoms with Crippen LogP contribution < -0.4 is 5.32 Å². The van der Waals surface area contributed by atoms with Crippen LogP contribution in [0.15, 0.2) is 12.4 Å². The second-order valence-electron chi connectivity index (χ2n) is 7.05. The molecule has 1 amide bonds. The summed E-state index contributed by atoms with van der Waals surface area (Å²) < 4.78 is 2.03. The number of rotatable bonds is 3. The van der Waals surface area contributed by atoms with Crippen molar-refractivity contribution in [3.63, 3.8) is 0 Å². The lowest BCUT2D eigenvalue weighted by atomic mass is 9.93. The Morgan fingerprint density at radius 1 is 1.30 bits per heavy atom. The van der Waals surface area contributed by atoms with Crippen LogP contribution in [0.2, 0.25) is 0 Å². The fourth-order valence-corrected chi connectivity index (χ4v) is 3.79. The van der Waals surface area contributed by atoms with E-state index < -0.39 is 0 Å². The van der Waals surface area contributed by atoms with Crippen molar-refractivity contribution < 1.29 is 4.79 Å². The van der Waals surface area contributed by atoms with Gasteiger partial charge in [0.25, 0.3) is 0 Å². The minimum absolute atomic E-state index is 0.0550. The van der Waals surface area contributed by atoms with E-state index in [1.807, 2.05) is 24.0 Å². The molecule has 3 heterocycles. The fourth-order valence-electron chi connectivity index (χ4n) is 3.79. The highest BCUT2D eigenvalue weighted by Crippen LogP contribution is 2.27. The molecule has 128 valence electrons. The number of nitrogens with one attached hydrogen (secondary N) is 1. The highest BCUT2D eigenvalue weighted by atomic mass is 16.2. The molecule has 6 nitrogen and oxygen atoms in total. The van der Waals surface area contributed by atoms with Gasteiger partial charge < -0.3 is 19.7 Å². The van der Waals surface area contributed by atoms with Crippen LogP contribution in [-0.2, 0) is 11.8 Å². The van der Waals surface area contributed by atoms with Gasteiger partial charge in [-0.2, -0.15) is 0 Å². The molecule has 0 bridgehead atoms. The van der Waals surface area contributed by atoms with Gasteiger partial charge in [-0.1, -0.05) is 0 Å². The van der Waals surface area contributed by atoms with E-state index in [1.54, 1.807) is 0 Å². The molecular formula is C17H29N5O. The Bertz CT molecular complexity index is 533. The third-order valence-corrected chi connectivity index (χ3v) is 5.29. The smallest absolute Gasteiger partial charge is 0.226 e. The zero-order chi connectivity index (χ0) is 16.4. The van der Waals surface area contributed by atoms with Crippen molar-refractivity contribution in [3.8, 4) is 0 Å². The maximum Gasteiger partial charge on any atom is 0.226 e. The molecule has 2 aliphatic rings. The van der Waals surface area contributed by atoms with Crippen LogP contribution in [0.25, 0.3) is 0 Å². The molecule has 1 N–H and O–H groups in total. The molecule has 23 heavy (non-hydrogen) atoms. The first-order valence-corrected chi connectivity index (χ1v) is 8.80. The highest BCUT2D eigenvalue weighted by molar-refractivity contribution is 5.79. The van der Waals surface area contributed by atoms with Gasteiger partial charge in [0.05, 0.1) is 0 Å². The minimum Gasteiger partial charge on any atom is -0.336 e. The summed E-state index contributed by atoms with van der Waals surface area (Å²) in [7, 11) is 2.00. The molecule has 1 aromatic heterocycles. The molecule has 1 unspecified atom stereocenters. The second-order valence-corrected chi connectivity index (χ2v) is 7.05. The first kappa shape index (κ1) is 16.5. The van der Waals surface area contributed by atoms with E-state index in [1.165, 1.54) is 0 Å². The Morgan fingerprint density at radius 2 is 2.04 bits per heavy atom.